The van der Waals surface area contributed by atoms with Crippen LogP contribution in [0.15, 0.2) is 52.9 Å². The highest BCUT2D eigenvalue weighted by Crippen LogP contribution is 2.33. The van der Waals surface area contributed by atoms with E-state index >= 15 is 0 Å². The second kappa shape index (κ2) is 8.98. The molecule has 3 aromatic rings. The molecule has 0 unspecified atom stereocenters. The molecule has 0 aliphatic heterocycles. The van der Waals surface area contributed by atoms with Crippen molar-refractivity contribution in [3.05, 3.63) is 60.0 Å². The smallest absolute Gasteiger partial charge is 0.416 e. The molecule has 0 saturated carbocycles. The van der Waals surface area contributed by atoms with Gasteiger partial charge in [0.05, 0.1) is 16.8 Å². The number of nitrogens with one attached hydrogen (secondary N) is 1. The molecule has 0 atom stereocenters. The van der Waals surface area contributed by atoms with Gasteiger partial charge in [-0.3, -0.25) is 4.79 Å². The van der Waals surface area contributed by atoms with Gasteiger partial charge in [0.15, 0.2) is 0 Å². The summed E-state index contributed by atoms with van der Waals surface area (Å²) in [5, 5.41) is 20.0. The summed E-state index contributed by atoms with van der Waals surface area (Å²) in [6.07, 6.45) is -4.41. The highest BCUT2D eigenvalue weighted by molar-refractivity contribution is 5.79. The van der Waals surface area contributed by atoms with Crippen molar-refractivity contribution in [2.75, 3.05) is 5.32 Å². The molecular formula is C21H22F3N3O3. The molecule has 30 heavy (non-hydrogen) atoms. The molecule has 0 aliphatic carbocycles. The highest BCUT2D eigenvalue weighted by atomic mass is 19.4. The van der Waals surface area contributed by atoms with Crippen LogP contribution in [0.2, 0.25) is 0 Å². The van der Waals surface area contributed by atoms with Crippen molar-refractivity contribution >= 4 is 17.3 Å². The zero-order valence-electron chi connectivity index (χ0n) is 16.9. The van der Waals surface area contributed by atoms with E-state index < -0.39 is 23.1 Å². The van der Waals surface area contributed by atoms with E-state index in [1.807, 2.05) is 13.8 Å². The number of aromatic nitrogens is 2. The number of para-hydroxylation sites is 1. The molecule has 0 bridgehead atoms. The molecule has 1 heterocycles. The van der Waals surface area contributed by atoms with Crippen molar-refractivity contribution < 1.29 is 27.5 Å². The van der Waals surface area contributed by atoms with Crippen LogP contribution in [-0.4, -0.2) is 21.3 Å². The van der Waals surface area contributed by atoms with Crippen LogP contribution in [0.5, 0.6) is 0 Å². The van der Waals surface area contributed by atoms with Crippen LogP contribution < -0.4 is 5.32 Å². The van der Waals surface area contributed by atoms with Gasteiger partial charge in [0.2, 0.25) is 11.8 Å². The Morgan fingerprint density at radius 2 is 1.60 bits per heavy atom. The summed E-state index contributed by atoms with van der Waals surface area (Å²) in [6.45, 7) is 6.89. The van der Waals surface area contributed by atoms with E-state index in [0.29, 0.717) is 16.9 Å². The first-order chi connectivity index (χ1) is 14.1. The van der Waals surface area contributed by atoms with Gasteiger partial charge in [-0.2, -0.15) is 13.2 Å². The molecule has 0 spiro atoms. The highest BCUT2D eigenvalue weighted by Gasteiger charge is 2.36. The third-order valence-electron chi connectivity index (χ3n) is 4.14. The van der Waals surface area contributed by atoms with Gasteiger partial charge in [-0.25, -0.2) is 0 Å². The average Bonchev–Trinajstić information content (AvgIpc) is 3.20. The molecule has 6 nitrogen and oxygen atoms in total. The Balaban J connectivity index is 0.00000155. The maximum Gasteiger partial charge on any atom is 0.416 e. The Morgan fingerprint density at radius 1 is 1.00 bits per heavy atom. The number of rotatable bonds is 5. The number of nitrogens with zero attached hydrogens (tertiary/aromatic N) is 2. The van der Waals surface area contributed by atoms with Crippen LogP contribution >= 0.6 is 0 Å². The SMILES string of the molecule is CC.CC(C)(C(=O)O)c1nnc(-c2ccccc2Nc2ccc(C(F)(F)F)cc2)o1. The number of hydrogen-bond acceptors (Lipinski definition) is 5. The van der Waals surface area contributed by atoms with Crippen LogP contribution in [0, 0.1) is 0 Å². The van der Waals surface area contributed by atoms with Crippen molar-refractivity contribution in [2.24, 2.45) is 0 Å². The molecule has 9 heteroatoms. The molecule has 160 valence electrons. The van der Waals surface area contributed by atoms with Gasteiger partial charge >= 0.3 is 12.1 Å². The second-order valence-corrected chi connectivity index (χ2v) is 6.59. The lowest BCUT2D eigenvalue weighted by molar-refractivity contribution is -0.143. The standard InChI is InChI=1S/C19H16F3N3O3.C2H6/c1-18(2,17(26)27)16-25-24-15(28-16)13-5-3-4-6-14(13)23-12-9-7-11(8-10-12)19(20,21)22;1-2/h3-10,23H,1-2H3,(H,26,27);1-2H3. The number of benzene rings is 2. The Bertz CT molecular complexity index is 996. The third-order valence-corrected chi connectivity index (χ3v) is 4.14. The summed E-state index contributed by atoms with van der Waals surface area (Å²) >= 11 is 0. The lowest BCUT2D eigenvalue weighted by Crippen LogP contribution is -2.28. The summed E-state index contributed by atoms with van der Waals surface area (Å²) in [5.74, 6) is -1.07. The summed E-state index contributed by atoms with van der Waals surface area (Å²) < 4.78 is 43.6. The van der Waals surface area contributed by atoms with Gasteiger partial charge in [-0.1, -0.05) is 26.0 Å². The fraction of sp³-hybridized carbons (Fsp3) is 0.286. The zero-order valence-corrected chi connectivity index (χ0v) is 16.9. The normalized spacial score (nSPS) is 11.4. The minimum atomic E-state index is -4.41. The average molecular weight is 421 g/mol. The first-order valence-corrected chi connectivity index (χ1v) is 9.20. The predicted molar refractivity (Wildman–Crippen MR) is 106 cm³/mol. The molecule has 2 N–H and O–H groups in total. The molecule has 0 amide bonds. The van der Waals surface area contributed by atoms with Crippen LogP contribution in [0.1, 0.15) is 39.1 Å². The lowest BCUT2D eigenvalue weighted by Gasteiger charge is -2.13. The van der Waals surface area contributed by atoms with Gasteiger partial charge in [0.1, 0.15) is 5.41 Å². The number of hydrogen-bond donors (Lipinski definition) is 2. The number of carboxylic acids is 1. The minimum absolute atomic E-state index is 0.0562. The Labute approximate surface area is 171 Å². The summed E-state index contributed by atoms with van der Waals surface area (Å²) in [5.41, 5.74) is -0.663. The van der Waals surface area contributed by atoms with Crippen molar-refractivity contribution in [1.82, 2.24) is 10.2 Å². The number of carboxylic acid groups (broad SMARTS) is 1. The van der Waals surface area contributed by atoms with E-state index in [-0.39, 0.29) is 11.8 Å². The predicted octanol–water partition coefficient (Wildman–Crippen LogP) is 5.89. The Kier molecular flexibility index (Phi) is 6.86. The molecule has 3 rings (SSSR count). The summed E-state index contributed by atoms with van der Waals surface area (Å²) in [4.78, 5) is 11.4. The number of carbonyl (C=O) groups is 1. The topological polar surface area (TPSA) is 88.2 Å². The van der Waals surface area contributed by atoms with Gasteiger partial charge < -0.3 is 14.8 Å². The zero-order chi connectivity index (χ0) is 22.5. The van der Waals surface area contributed by atoms with Crippen LogP contribution in [-0.2, 0) is 16.4 Å². The lowest BCUT2D eigenvalue weighted by atomic mass is 9.94. The van der Waals surface area contributed by atoms with E-state index in [1.54, 1.807) is 24.3 Å². The maximum atomic E-state index is 12.7. The largest absolute Gasteiger partial charge is 0.480 e. The fourth-order valence-corrected chi connectivity index (χ4v) is 2.35. The molecule has 0 fully saturated rings. The Hall–Kier alpha value is -3.36. The van der Waals surface area contributed by atoms with E-state index in [4.69, 9.17) is 4.42 Å². The number of halogens is 3. The van der Waals surface area contributed by atoms with Crippen molar-refractivity contribution in [1.29, 1.82) is 0 Å². The van der Waals surface area contributed by atoms with E-state index in [2.05, 4.69) is 15.5 Å². The van der Waals surface area contributed by atoms with Gasteiger partial charge in [0, 0.05) is 5.69 Å². The van der Waals surface area contributed by atoms with Crippen LogP contribution in [0.25, 0.3) is 11.5 Å². The number of aliphatic carboxylic acids is 1. The van der Waals surface area contributed by atoms with E-state index in [0.717, 1.165) is 12.1 Å². The van der Waals surface area contributed by atoms with E-state index in [9.17, 15) is 23.1 Å². The fourth-order valence-electron chi connectivity index (χ4n) is 2.35. The molecule has 0 radical (unpaired) electrons. The van der Waals surface area contributed by atoms with Gasteiger partial charge in [-0.15, -0.1) is 10.2 Å². The first-order valence-electron chi connectivity index (χ1n) is 9.20. The third kappa shape index (κ3) is 4.97. The quantitative estimate of drug-likeness (QED) is 0.534. The molecule has 0 aliphatic rings. The maximum absolute atomic E-state index is 12.7. The minimum Gasteiger partial charge on any atom is -0.480 e. The first kappa shape index (κ1) is 22.9. The summed E-state index contributed by atoms with van der Waals surface area (Å²) in [7, 11) is 0. The van der Waals surface area contributed by atoms with Crippen LogP contribution in [0.3, 0.4) is 0 Å². The molecular weight excluding hydrogens is 399 g/mol. The second-order valence-electron chi connectivity index (χ2n) is 6.59. The van der Waals surface area contributed by atoms with Crippen LogP contribution in [0.4, 0.5) is 24.5 Å². The number of anilines is 2. The van der Waals surface area contributed by atoms with Crippen molar-refractivity contribution in [3.8, 4) is 11.5 Å². The monoisotopic (exact) mass is 421 g/mol. The Morgan fingerprint density at radius 3 is 2.17 bits per heavy atom. The van der Waals surface area contributed by atoms with Gasteiger partial charge in [-0.05, 0) is 50.2 Å². The molecule has 2 aromatic carbocycles. The number of alkyl halides is 3. The van der Waals surface area contributed by atoms with Crippen molar-refractivity contribution in [2.45, 2.75) is 39.3 Å². The molecule has 0 saturated heterocycles. The van der Waals surface area contributed by atoms with E-state index in [1.165, 1.54) is 26.0 Å². The van der Waals surface area contributed by atoms with Crippen molar-refractivity contribution in [3.63, 3.8) is 0 Å². The molecule has 1 aromatic heterocycles. The summed E-state index contributed by atoms with van der Waals surface area (Å²) in [6, 6.07) is 11.4. The van der Waals surface area contributed by atoms with Gasteiger partial charge in [0.25, 0.3) is 0 Å².